The summed E-state index contributed by atoms with van der Waals surface area (Å²) < 4.78 is 14.5. The Balaban J connectivity index is 2.32. The van der Waals surface area contributed by atoms with Gasteiger partial charge >= 0.3 is 0 Å². The maximum Gasteiger partial charge on any atom is 0.244 e. The summed E-state index contributed by atoms with van der Waals surface area (Å²) in [6.45, 7) is 0.574. The van der Waals surface area contributed by atoms with Crippen molar-refractivity contribution in [3.05, 3.63) is 28.5 Å². The number of carbonyl (C=O) groups excluding carboxylic acids is 1. The van der Waals surface area contributed by atoms with Gasteiger partial charge in [0.05, 0.1) is 11.7 Å². The molecule has 5 heteroatoms. The molecule has 1 aliphatic heterocycles. The number of halogens is 2. The average Bonchev–Trinajstić information content (AvgIpc) is 2.33. The molecule has 1 aromatic rings. The lowest BCUT2D eigenvalue weighted by Crippen LogP contribution is -2.50. The van der Waals surface area contributed by atoms with Gasteiger partial charge in [-0.25, -0.2) is 4.39 Å². The maximum absolute atomic E-state index is 13.7. The number of carbonyl (C=O) groups is 1. The molecule has 0 bridgehead atoms. The van der Waals surface area contributed by atoms with E-state index in [4.69, 9.17) is 0 Å². The van der Waals surface area contributed by atoms with Gasteiger partial charge in [0.1, 0.15) is 5.82 Å². The molecule has 1 saturated heterocycles. The van der Waals surface area contributed by atoms with Crippen LogP contribution in [0.2, 0.25) is 0 Å². The van der Waals surface area contributed by atoms with E-state index in [-0.39, 0.29) is 17.8 Å². The van der Waals surface area contributed by atoms with Gasteiger partial charge in [0, 0.05) is 11.0 Å². The van der Waals surface area contributed by atoms with Gasteiger partial charge in [-0.15, -0.1) is 0 Å². The first-order valence-electron chi connectivity index (χ1n) is 5.57. The first-order valence-corrected chi connectivity index (χ1v) is 6.36. The molecule has 1 heterocycles. The van der Waals surface area contributed by atoms with Crippen molar-refractivity contribution >= 4 is 27.5 Å². The molecule has 0 aliphatic carbocycles. The van der Waals surface area contributed by atoms with Crippen LogP contribution in [-0.4, -0.2) is 25.5 Å². The van der Waals surface area contributed by atoms with Gasteiger partial charge < -0.3 is 10.2 Å². The van der Waals surface area contributed by atoms with Crippen molar-refractivity contribution < 1.29 is 9.18 Å². The summed E-state index contributed by atoms with van der Waals surface area (Å²) in [6, 6.07) is 4.44. The Morgan fingerprint density at radius 3 is 3.00 bits per heavy atom. The molecule has 1 N–H and O–H groups in total. The number of benzene rings is 1. The van der Waals surface area contributed by atoms with Crippen molar-refractivity contribution in [1.29, 1.82) is 0 Å². The third kappa shape index (κ3) is 2.50. The topological polar surface area (TPSA) is 32.3 Å². The minimum Gasteiger partial charge on any atom is -0.309 e. The van der Waals surface area contributed by atoms with Gasteiger partial charge in [0.25, 0.3) is 0 Å². The number of anilines is 1. The molecule has 2 rings (SSSR count). The van der Waals surface area contributed by atoms with E-state index in [1.807, 2.05) is 0 Å². The summed E-state index contributed by atoms with van der Waals surface area (Å²) >= 11 is 3.29. The molecule has 1 amide bonds. The number of hydrogen-bond donors (Lipinski definition) is 1. The summed E-state index contributed by atoms with van der Waals surface area (Å²) in [6.07, 6.45) is 1.69. The van der Waals surface area contributed by atoms with Crippen molar-refractivity contribution in [2.75, 3.05) is 18.5 Å². The summed E-state index contributed by atoms with van der Waals surface area (Å²) in [5.74, 6) is -0.422. The van der Waals surface area contributed by atoms with E-state index in [0.717, 1.165) is 17.3 Å². The van der Waals surface area contributed by atoms with E-state index in [1.165, 1.54) is 11.0 Å². The second kappa shape index (κ2) is 5.14. The molecule has 17 heavy (non-hydrogen) atoms. The number of rotatable bonds is 2. The van der Waals surface area contributed by atoms with E-state index >= 15 is 0 Å². The maximum atomic E-state index is 13.7. The highest BCUT2D eigenvalue weighted by Gasteiger charge is 2.29. The molecule has 0 aromatic heterocycles. The summed E-state index contributed by atoms with van der Waals surface area (Å²) in [5, 5.41) is 2.96. The van der Waals surface area contributed by atoms with Crippen LogP contribution in [0.25, 0.3) is 0 Å². The number of nitrogens with one attached hydrogen (secondary N) is 1. The first-order chi connectivity index (χ1) is 8.13. The van der Waals surface area contributed by atoms with Crippen molar-refractivity contribution in [3.8, 4) is 0 Å². The van der Waals surface area contributed by atoms with E-state index in [9.17, 15) is 9.18 Å². The molecule has 1 aromatic carbocycles. The Hall–Kier alpha value is -0.940. The minimum absolute atomic E-state index is 0.0595. The molecule has 0 radical (unpaired) electrons. The van der Waals surface area contributed by atoms with Crippen LogP contribution < -0.4 is 10.2 Å². The second-order valence-corrected chi connectivity index (χ2v) is 4.98. The minimum atomic E-state index is -0.363. The molecule has 1 unspecified atom stereocenters. The van der Waals surface area contributed by atoms with Gasteiger partial charge in [-0.2, -0.15) is 0 Å². The summed E-state index contributed by atoms with van der Waals surface area (Å²) in [4.78, 5) is 13.6. The zero-order valence-electron chi connectivity index (χ0n) is 9.54. The molecule has 92 valence electrons. The lowest BCUT2D eigenvalue weighted by atomic mass is 10.0. The van der Waals surface area contributed by atoms with Crippen LogP contribution in [0.3, 0.4) is 0 Å². The predicted octanol–water partition coefficient (Wildman–Crippen LogP) is 2.30. The Morgan fingerprint density at radius 1 is 1.53 bits per heavy atom. The molecule has 0 spiro atoms. The first kappa shape index (κ1) is 12.5. The van der Waals surface area contributed by atoms with Crippen LogP contribution in [0.5, 0.6) is 0 Å². The fourth-order valence-electron chi connectivity index (χ4n) is 2.07. The van der Waals surface area contributed by atoms with Crippen LogP contribution in [-0.2, 0) is 4.79 Å². The van der Waals surface area contributed by atoms with E-state index in [0.29, 0.717) is 12.2 Å². The van der Waals surface area contributed by atoms with Crippen molar-refractivity contribution in [1.82, 2.24) is 5.32 Å². The molecule has 0 saturated carbocycles. The lowest BCUT2D eigenvalue weighted by molar-refractivity contribution is -0.121. The van der Waals surface area contributed by atoms with Gasteiger partial charge in [0.15, 0.2) is 0 Å². The quantitative estimate of drug-likeness (QED) is 0.909. The van der Waals surface area contributed by atoms with Gasteiger partial charge in [-0.05, 0) is 38.1 Å². The van der Waals surface area contributed by atoms with E-state index < -0.39 is 0 Å². The van der Waals surface area contributed by atoms with Crippen LogP contribution in [0.4, 0.5) is 10.1 Å². The number of nitrogens with zero attached hydrogens (tertiary/aromatic N) is 1. The molecule has 1 atom stereocenters. The van der Waals surface area contributed by atoms with Crippen LogP contribution in [0.15, 0.2) is 22.7 Å². The highest BCUT2D eigenvalue weighted by atomic mass is 79.9. The third-order valence-corrected chi connectivity index (χ3v) is 3.48. The van der Waals surface area contributed by atoms with E-state index in [2.05, 4.69) is 21.2 Å². The molecule has 1 aliphatic rings. The predicted molar refractivity (Wildman–Crippen MR) is 68.5 cm³/mol. The molecule has 3 nitrogen and oxygen atoms in total. The van der Waals surface area contributed by atoms with E-state index in [1.54, 1.807) is 19.2 Å². The average molecular weight is 301 g/mol. The standard InChI is InChI=1S/C12H14BrFN2O/c1-15-10-3-2-6-16(12(10)17)11-7-8(13)4-5-9(11)14/h4-5,7,10,15H,2-3,6H2,1H3. The third-order valence-electron chi connectivity index (χ3n) is 2.99. The SMILES string of the molecule is CNC1CCCN(c2cc(Br)ccc2F)C1=O. The number of likely N-dealkylation sites (N-methyl/N-ethyl adjacent to an activating group) is 1. The highest BCUT2D eigenvalue weighted by molar-refractivity contribution is 9.10. The Morgan fingerprint density at radius 2 is 2.29 bits per heavy atom. The van der Waals surface area contributed by atoms with Gasteiger partial charge in [-0.3, -0.25) is 4.79 Å². The normalized spacial score (nSPS) is 20.8. The molecular weight excluding hydrogens is 287 g/mol. The second-order valence-electron chi connectivity index (χ2n) is 4.07. The van der Waals surface area contributed by atoms with Crippen molar-refractivity contribution in [3.63, 3.8) is 0 Å². The highest BCUT2D eigenvalue weighted by Crippen LogP contribution is 2.27. The lowest BCUT2D eigenvalue weighted by Gasteiger charge is -2.32. The zero-order valence-corrected chi connectivity index (χ0v) is 11.1. The van der Waals surface area contributed by atoms with Gasteiger partial charge in [-0.1, -0.05) is 15.9 Å². The zero-order chi connectivity index (χ0) is 12.4. The number of amides is 1. The Labute approximate surface area is 108 Å². The Bertz CT molecular complexity index is 439. The summed E-state index contributed by atoms with van der Waals surface area (Å²) in [7, 11) is 1.75. The van der Waals surface area contributed by atoms with Crippen LogP contribution in [0.1, 0.15) is 12.8 Å². The monoisotopic (exact) mass is 300 g/mol. The Kier molecular flexibility index (Phi) is 3.79. The van der Waals surface area contributed by atoms with Crippen LogP contribution >= 0.6 is 15.9 Å². The molecule has 1 fully saturated rings. The smallest absolute Gasteiger partial charge is 0.244 e. The number of hydrogen-bond acceptors (Lipinski definition) is 2. The largest absolute Gasteiger partial charge is 0.309 e. The summed E-state index contributed by atoms with van der Waals surface area (Å²) in [5.41, 5.74) is 0.351. The number of piperidine rings is 1. The van der Waals surface area contributed by atoms with Crippen LogP contribution in [0, 0.1) is 5.82 Å². The fraction of sp³-hybridized carbons (Fsp3) is 0.417. The van der Waals surface area contributed by atoms with Gasteiger partial charge in [0.2, 0.25) is 5.91 Å². The molecular formula is C12H14BrFN2O. The fourth-order valence-corrected chi connectivity index (χ4v) is 2.42. The van der Waals surface area contributed by atoms with Crippen molar-refractivity contribution in [2.24, 2.45) is 0 Å². The van der Waals surface area contributed by atoms with Crippen molar-refractivity contribution in [2.45, 2.75) is 18.9 Å².